The van der Waals surface area contributed by atoms with Crippen molar-refractivity contribution in [3.63, 3.8) is 0 Å². The van der Waals surface area contributed by atoms with E-state index in [9.17, 15) is 18.8 Å². The number of anilines is 1. The fourth-order valence-electron chi connectivity index (χ4n) is 2.40. The smallest absolute Gasteiger partial charge is 0.340 e. The molecular weight excluding hydrogens is 351 g/mol. The number of hydrogen-bond donors (Lipinski definition) is 2. The summed E-state index contributed by atoms with van der Waals surface area (Å²) in [6.07, 6.45) is 1.21. The molecule has 140 valence electrons. The topological polar surface area (TPSA) is 84.5 Å². The third kappa shape index (κ3) is 5.50. The Hall–Kier alpha value is -3.48. The van der Waals surface area contributed by atoms with Gasteiger partial charge in [-0.15, -0.1) is 0 Å². The lowest BCUT2D eigenvalue weighted by Crippen LogP contribution is -2.22. The minimum Gasteiger partial charge on any atom is -0.465 e. The van der Waals surface area contributed by atoms with E-state index in [-0.39, 0.29) is 36.0 Å². The van der Waals surface area contributed by atoms with Gasteiger partial charge in [0.25, 0.3) is 0 Å². The number of methoxy groups -OCH3 is 1. The first-order valence-electron chi connectivity index (χ1n) is 8.09. The zero-order valence-electron chi connectivity index (χ0n) is 14.8. The van der Waals surface area contributed by atoms with Crippen molar-refractivity contribution >= 4 is 23.5 Å². The number of carbonyl (C=O) groups is 3. The number of benzene rings is 2. The van der Waals surface area contributed by atoms with Crippen LogP contribution in [-0.4, -0.2) is 24.9 Å². The molecule has 27 heavy (non-hydrogen) atoms. The number of carbonyl (C=O) groups excluding carboxylic acids is 3. The highest BCUT2D eigenvalue weighted by Crippen LogP contribution is 2.16. The Bertz CT molecular complexity index is 880. The predicted octanol–water partition coefficient (Wildman–Crippen LogP) is 2.60. The van der Waals surface area contributed by atoms with E-state index in [0.717, 1.165) is 24.3 Å². The molecule has 2 aromatic carbocycles. The van der Waals surface area contributed by atoms with Gasteiger partial charge in [0.2, 0.25) is 11.8 Å². The molecule has 2 rings (SSSR count). The van der Waals surface area contributed by atoms with Crippen molar-refractivity contribution in [1.29, 1.82) is 0 Å². The number of nitrogens with one attached hydrogen (secondary N) is 2. The molecule has 2 N–H and O–H groups in total. The van der Waals surface area contributed by atoms with Crippen LogP contribution in [0.3, 0.4) is 0 Å². The molecule has 0 fully saturated rings. The second kappa shape index (κ2) is 9.28. The van der Waals surface area contributed by atoms with Crippen molar-refractivity contribution in [2.45, 2.75) is 13.0 Å². The first kappa shape index (κ1) is 19.8. The third-order valence-electron chi connectivity index (χ3n) is 3.77. The molecule has 0 aliphatic heterocycles. The summed E-state index contributed by atoms with van der Waals surface area (Å²) in [5.41, 5.74) is 1.53. The van der Waals surface area contributed by atoms with Gasteiger partial charge in [0.05, 0.1) is 19.1 Å². The Morgan fingerprint density at radius 3 is 2.48 bits per heavy atom. The highest BCUT2D eigenvalue weighted by molar-refractivity contribution is 5.94. The summed E-state index contributed by atoms with van der Waals surface area (Å²) in [6.45, 7) is 3.65. The zero-order valence-corrected chi connectivity index (χ0v) is 14.8. The van der Waals surface area contributed by atoms with Crippen LogP contribution in [0.4, 0.5) is 10.1 Å². The van der Waals surface area contributed by atoms with Crippen LogP contribution in [0.5, 0.6) is 0 Å². The van der Waals surface area contributed by atoms with Gasteiger partial charge < -0.3 is 15.4 Å². The van der Waals surface area contributed by atoms with Gasteiger partial charge in [-0.1, -0.05) is 30.8 Å². The molecule has 7 heteroatoms. The summed E-state index contributed by atoms with van der Waals surface area (Å²) >= 11 is 0. The summed E-state index contributed by atoms with van der Waals surface area (Å²) in [4.78, 5) is 35.0. The maximum absolute atomic E-state index is 13.9. The van der Waals surface area contributed by atoms with Crippen molar-refractivity contribution in [2.75, 3.05) is 12.4 Å². The molecule has 0 saturated heterocycles. The lowest BCUT2D eigenvalue weighted by molar-refractivity contribution is -0.116. The monoisotopic (exact) mass is 370 g/mol. The van der Waals surface area contributed by atoms with E-state index >= 15 is 0 Å². The van der Waals surface area contributed by atoms with Crippen molar-refractivity contribution in [3.8, 4) is 0 Å². The average molecular weight is 370 g/mol. The van der Waals surface area contributed by atoms with E-state index in [1.807, 2.05) is 0 Å². The summed E-state index contributed by atoms with van der Waals surface area (Å²) in [7, 11) is 1.16. The van der Waals surface area contributed by atoms with Gasteiger partial charge in [0, 0.05) is 12.2 Å². The zero-order chi connectivity index (χ0) is 19.8. The van der Waals surface area contributed by atoms with Crippen molar-refractivity contribution in [1.82, 2.24) is 5.32 Å². The molecule has 2 aromatic rings. The van der Waals surface area contributed by atoms with E-state index in [0.29, 0.717) is 0 Å². The van der Waals surface area contributed by atoms with Gasteiger partial charge in [0.1, 0.15) is 5.82 Å². The Morgan fingerprint density at radius 1 is 1.15 bits per heavy atom. The molecule has 0 atom stereocenters. The van der Waals surface area contributed by atoms with Crippen LogP contribution in [-0.2, 0) is 27.3 Å². The van der Waals surface area contributed by atoms with E-state index in [1.54, 1.807) is 24.3 Å². The van der Waals surface area contributed by atoms with E-state index < -0.39 is 11.8 Å². The van der Waals surface area contributed by atoms with Crippen LogP contribution < -0.4 is 10.6 Å². The molecule has 6 nitrogen and oxygen atoms in total. The molecular formula is C20H19FN2O4. The van der Waals surface area contributed by atoms with Crippen LogP contribution in [0.1, 0.15) is 21.5 Å². The number of amides is 2. The summed E-state index contributed by atoms with van der Waals surface area (Å²) < 4.78 is 18.4. The van der Waals surface area contributed by atoms with E-state index in [2.05, 4.69) is 21.9 Å². The molecule has 0 aromatic heterocycles. The van der Waals surface area contributed by atoms with Gasteiger partial charge in [-0.2, -0.15) is 0 Å². The van der Waals surface area contributed by atoms with Gasteiger partial charge in [-0.05, 0) is 35.4 Å². The fraction of sp³-hybridized carbons (Fsp3) is 0.150. The summed E-state index contributed by atoms with van der Waals surface area (Å²) in [5, 5.41) is 5.24. The predicted molar refractivity (Wildman–Crippen MR) is 98.6 cm³/mol. The molecule has 0 heterocycles. The molecule has 0 spiro atoms. The standard InChI is InChI=1S/C20H19FN2O4/c1-3-18(24)22-12-14-7-5-4-6-13(14)10-19(25)23-15-8-9-16(17(21)11-15)20(26)27-2/h3-9,11H,1,10,12H2,2H3,(H,22,24)(H,23,25). The third-order valence-corrected chi connectivity index (χ3v) is 3.77. The van der Waals surface area contributed by atoms with Crippen molar-refractivity contribution in [2.24, 2.45) is 0 Å². The Labute approximate surface area is 156 Å². The lowest BCUT2D eigenvalue weighted by Gasteiger charge is -2.11. The summed E-state index contributed by atoms with van der Waals surface area (Å²) in [5.74, 6) is -2.24. The Kier molecular flexibility index (Phi) is 6.82. The maximum atomic E-state index is 13.9. The van der Waals surface area contributed by atoms with Gasteiger partial charge in [0.15, 0.2) is 0 Å². The highest BCUT2D eigenvalue weighted by Gasteiger charge is 2.14. The lowest BCUT2D eigenvalue weighted by atomic mass is 10.0. The molecule has 0 aliphatic carbocycles. The first-order chi connectivity index (χ1) is 12.9. The molecule has 0 aliphatic rings. The first-order valence-corrected chi connectivity index (χ1v) is 8.09. The van der Waals surface area contributed by atoms with Gasteiger partial charge >= 0.3 is 5.97 Å². The number of ether oxygens (including phenoxy) is 1. The highest BCUT2D eigenvalue weighted by atomic mass is 19.1. The number of rotatable bonds is 7. The molecule has 2 amide bonds. The van der Waals surface area contributed by atoms with Crippen LogP contribution in [0.15, 0.2) is 55.1 Å². The Morgan fingerprint density at radius 2 is 1.85 bits per heavy atom. The van der Waals surface area contributed by atoms with Gasteiger partial charge in [-0.25, -0.2) is 9.18 Å². The fourth-order valence-corrected chi connectivity index (χ4v) is 2.40. The average Bonchev–Trinajstić information content (AvgIpc) is 2.66. The molecule has 0 saturated carbocycles. The van der Waals surface area contributed by atoms with E-state index in [1.165, 1.54) is 18.2 Å². The number of halogens is 1. The van der Waals surface area contributed by atoms with Crippen LogP contribution in [0.25, 0.3) is 0 Å². The second-order valence-corrected chi connectivity index (χ2v) is 5.60. The minimum absolute atomic E-state index is 0.0422. The minimum atomic E-state index is -0.791. The SMILES string of the molecule is C=CC(=O)NCc1ccccc1CC(=O)Nc1ccc(C(=O)OC)c(F)c1. The largest absolute Gasteiger partial charge is 0.465 e. The number of esters is 1. The van der Waals surface area contributed by atoms with Crippen LogP contribution in [0.2, 0.25) is 0 Å². The Balaban J connectivity index is 2.06. The quantitative estimate of drug-likeness (QED) is 0.580. The molecule has 0 bridgehead atoms. The molecule has 0 unspecified atom stereocenters. The molecule has 0 radical (unpaired) electrons. The van der Waals surface area contributed by atoms with E-state index in [4.69, 9.17) is 0 Å². The summed E-state index contributed by atoms with van der Waals surface area (Å²) in [6, 6.07) is 10.9. The van der Waals surface area contributed by atoms with Gasteiger partial charge in [-0.3, -0.25) is 9.59 Å². The van der Waals surface area contributed by atoms with Crippen LogP contribution in [0, 0.1) is 5.82 Å². The van der Waals surface area contributed by atoms with Crippen LogP contribution >= 0.6 is 0 Å². The number of hydrogen-bond acceptors (Lipinski definition) is 4. The maximum Gasteiger partial charge on any atom is 0.340 e. The van der Waals surface area contributed by atoms with Crippen molar-refractivity contribution in [3.05, 3.63) is 77.6 Å². The van der Waals surface area contributed by atoms with Crippen molar-refractivity contribution < 1.29 is 23.5 Å². The normalized spacial score (nSPS) is 10.0. The second-order valence-electron chi connectivity index (χ2n) is 5.60.